The summed E-state index contributed by atoms with van der Waals surface area (Å²) in [4.78, 5) is 16.1. The summed E-state index contributed by atoms with van der Waals surface area (Å²) < 4.78 is 11.1. The summed E-state index contributed by atoms with van der Waals surface area (Å²) in [6, 6.07) is 3.72. The Morgan fingerprint density at radius 1 is 1.38 bits per heavy atom. The zero-order valence-electron chi connectivity index (χ0n) is 14.2. The van der Waals surface area contributed by atoms with E-state index in [4.69, 9.17) is 9.16 Å². The van der Waals surface area contributed by atoms with E-state index in [1.807, 2.05) is 19.1 Å². The average molecular weight is 309 g/mol. The number of nitrogens with zero attached hydrogens (tertiary/aromatic N) is 1. The fourth-order valence-corrected chi connectivity index (χ4v) is 2.79. The first-order valence-corrected chi connectivity index (χ1v) is 10.3. The molecule has 1 aromatic rings. The zero-order chi connectivity index (χ0) is 16.3. The van der Waals surface area contributed by atoms with Gasteiger partial charge in [-0.25, -0.2) is 0 Å². The highest BCUT2D eigenvalue weighted by atomic mass is 28.4. The normalized spacial score (nSPS) is 13.7. The van der Waals surface area contributed by atoms with Crippen LogP contribution in [0.4, 0.5) is 0 Å². The molecule has 0 aliphatic carbocycles. The third kappa shape index (κ3) is 4.30. The molecule has 0 aliphatic heterocycles. The van der Waals surface area contributed by atoms with Crippen molar-refractivity contribution in [2.75, 3.05) is 7.11 Å². The van der Waals surface area contributed by atoms with Gasteiger partial charge in [0.25, 0.3) is 0 Å². The number of ether oxygens (including phenoxy) is 1. The van der Waals surface area contributed by atoms with Crippen LogP contribution >= 0.6 is 0 Å². The predicted octanol–water partition coefficient (Wildman–Crippen LogP) is 4.13. The minimum absolute atomic E-state index is 0.128. The van der Waals surface area contributed by atoms with Gasteiger partial charge in [0, 0.05) is 12.3 Å². The van der Waals surface area contributed by atoms with Crippen molar-refractivity contribution in [1.29, 1.82) is 0 Å². The van der Waals surface area contributed by atoms with Crippen molar-refractivity contribution in [3.8, 4) is 5.75 Å². The highest BCUT2D eigenvalue weighted by Gasteiger charge is 2.39. The van der Waals surface area contributed by atoms with E-state index in [-0.39, 0.29) is 16.9 Å². The van der Waals surface area contributed by atoms with Gasteiger partial charge in [0.1, 0.15) is 5.75 Å². The van der Waals surface area contributed by atoms with E-state index in [1.54, 1.807) is 6.20 Å². The van der Waals surface area contributed by atoms with Crippen LogP contribution < -0.4 is 4.43 Å². The van der Waals surface area contributed by atoms with Gasteiger partial charge in [-0.15, -0.1) is 0 Å². The first kappa shape index (κ1) is 17.7. The maximum absolute atomic E-state index is 11.8. The smallest absolute Gasteiger partial charge is 0.314 e. The number of aromatic nitrogens is 1. The number of hydrogen-bond donors (Lipinski definition) is 0. The molecule has 0 N–H and O–H groups in total. The second kappa shape index (κ2) is 6.60. The van der Waals surface area contributed by atoms with Gasteiger partial charge in [0.15, 0.2) is 0 Å². The molecule has 0 aromatic carbocycles. The van der Waals surface area contributed by atoms with Gasteiger partial charge < -0.3 is 9.16 Å². The van der Waals surface area contributed by atoms with Gasteiger partial charge in [-0.05, 0) is 30.6 Å². The standard InChI is InChI=1S/C16H27NO3Si/c1-8-13(15(18)19-5)14-11-12(9-10-17-14)20-21(6,7)16(2,3)4/h9-11,13H,8H2,1-7H3. The lowest BCUT2D eigenvalue weighted by Gasteiger charge is -2.36. The maximum atomic E-state index is 11.8. The number of esters is 1. The zero-order valence-corrected chi connectivity index (χ0v) is 15.2. The highest BCUT2D eigenvalue weighted by molar-refractivity contribution is 6.74. The second-order valence-electron chi connectivity index (χ2n) is 6.76. The van der Waals surface area contributed by atoms with Gasteiger partial charge in [-0.3, -0.25) is 9.78 Å². The Morgan fingerprint density at radius 3 is 2.48 bits per heavy atom. The minimum Gasteiger partial charge on any atom is -0.543 e. The summed E-state index contributed by atoms with van der Waals surface area (Å²) in [6.07, 6.45) is 2.35. The molecule has 1 unspecified atom stereocenters. The van der Waals surface area contributed by atoms with Crippen LogP contribution in [0.5, 0.6) is 5.75 Å². The van der Waals surface area contributed by atoms with Crippen molar-refractivity contribution in [1.82, 2.24) is 4.98 Å². The van der Waals surface area contributed by atoms with Crippen molar-refractivity contribution in [2.45, 2.75) is 58.2 Å². The van der Waals surface area contributed by atoms with Gasteiger partial charge >= 0.3 is 5.97 Å². The SMILES string of the molecule is CCC(C(=O)OC)c1cc(O[Si](C)(C)C(C)(C)C)ccn1. The molecule has 1 heterocycles. The van der Waals surface area contributed by atoms with Crippen molar-refractivity contribution >= 4 is 14.3 Å². The molecule has 0 bridgehead atoms. The molecule has 0 spiro atoms. The number of carbonyl (C=O) groups is 1. The van der Waals surface area contributed by atoms with E-state index >= 15 is 0 Å². The van der Waals surface area contributed by atoms with Crippen LogP contribution in [0.3, 0.4) is 0 Å². The van der Waals surface area contributed by atoms with E-state index in [0.29, 0.717) is 12.1 Å². The van der Waals surface area contributed by atoms with E-state index in [2.05, 4.69) is 38.8 Å². The lowest BCUT2D eigenvalue weighted by Crippen LogP contribution is -2.43. The predicted molar refractivity (Wildman–Crippen MR) is 87.1 cm³/mol. The van der Waals surface area contributed by atoms with Crippen molar-refractivity contribution in [3.05, 3.63) is 24.0 Å². The van der Waals surface area contributed by atoms with Gasteiger partial charge in [-0.2, -0.15) is 0 Å². The Labute approximate surface area is 129 Å². The van der Waals surface area contributed by atoms with Crippen LogP contribution in [0.15, 0.2) is 18.3 Å². The van der Waals surface area contributed by atoms with Crippen LogP contribution in [0.1, 0.15) is 45.7 Å². The summed E-state index contributed by atoms with van der Waals surface area (Å²) in [5, 5.41) is 0.128. The molecule has 1 aromatic heterocycles. The summed E-state index contributed by atoms with van der Waals surface area (Å²) >= 11 is 0. The molecular formula is C16H27NO3Si. The van der Waals surface area contributed by atoms with Gasteiger partial charge in [0.05, 0.1) is 18.7 Å². The number of pyridine rings is 1. The van der Waals surface area contributed by atoms with Crippen molar-refractivity contribution in [3.63, 3.8) is 0 Å². The third-order valence-corrected chi connectivity index (χ3v) is 8.54. The topological polar surface area (TPSA) is 48.4 Å². The molecule has 0 fully saturated rings. The Morgan fingerprint density at radius 2 is 2.00 bits per heavy atom. The molecule has 0 amide bonds. The van der Waals surface area contributed by atoms with E-state index in [0.717, 1.165) is 5.75 Å². The Hall–Kier alpha value is -1.36. The van der Waals surface area contributed by atoms with E-state index in [1.165, 1.54) is 7.11 Å². The van der Waals surface area contributed by atoms with E-state index in [9.17, 15) is 4.79 Å². The molecule has 4 nitrogen and oxygen atoms in total. The first-order chi connectivity index (χ1) is 9.62. The fraction of sp³-hybridized carbons (Fsp3) is 0.625. The van der Waals surface area contributed by atoms with Crippen molar-refractivity contribution in [2.24, 2.45) is 0 Å². The molecule has 118 valence electrons. The molecule has 1 atom stereocenters. The van der Waals surface area contributed by atoms with E-state index < -0.39 is 8.32 Å². The summed E-state index contributed by atoms with van der Waals surface area (Å²) in [6.45, 7) is 12.9. The van der Waals surface area contributed by atoms with Gasteiger partial charge in [-0.1, -0.05) is 27.7 Å². The number of carbonyl (C=O) groups excluding carboxylic acids is 1. The largest absolute Gasteiger partial charge is 0.543 e. The van der Waals surface area contributed by atoms with Crippen LogP contribution in [-0.2, 0) is 9.53 Å². The average Bonchev–Trinajstić information content (AvgIpc) is 2.38. The number of methoxy groups -OCH3 is 1. The van der Waals surface area contributed by atoms with Crippen LogP contribution in [-0.4, -0.2) is 26.4 Å². The number of hydrogen-bond acceptors (Lipinski definition) is 4. The minimum atomic E-state index is -1.89. The molecule has 0 saturated carbocycles. The Kier molecular flexibility index (Phi) is 5.56. The molecule has 5 heteroatoms. The maximum Gasteiger partial charge on any atom is 0.314 e. The summed E-state index contributed by atoms with van der Waals surface area (Å²) in [7, 11) is -0.489. The Balaban J connectivity index is 3.03. The summed E-state index contributed by atoms with van der Waals surface area (Å²) in [5.41, 5.74) is 0.709. The molecule has 0 radical (unpaired) electrons. The lowest BCUT2D eigenvalue weighted by atomic mass is 10.0. The molecule has 21 heavy (non-hydrogen) atoms. The third-order valence-electron chi connectivity index (χ3n) is 4.18. The van der Waals surface area contributed by atoms with Crippen LogP contribution in [0, 0.1) is 0 Å². The van der Waals surface area contributed by atoms with Crippen LogP contribution in [0.25, 0.3) is 0 Å². The molecule has 1 rings (SSSR count). The molecule has 0 aliphatic rings. The quantitative estimate of drug-likeness (QED) is 0.606. The Bertz CT molecular complexity index is 495. The second-order valence-corrected chi connectivity index (χ2v) is 11.5. The lowest BCUT2D eigenvalue weighted by molar-refractivity contribution is -0.142. The molecular weight excluding hydrogens is 282 g/mol. The number of rotatable bonds is 5. The highest BCUT2D eigenvalue weighted by Crippen LogP contribution is 2.37. The first-order valence-electron chi connectivity index (χ1n) is 7.35. The van der Waals surface area contributed by atoms with Gasteiger partial charge in [0.2, 0.25) is 8.32 Å². The summed E-state index contributed by atoms with van der Waals surface area (Å²) in [5.74, 6) is 0.196. The fourth-order valence-electron chi connectivity index (χ4n) is 1.77. The molecule has 0 saturated heterocycles. The monoisotopic (exact) mass is 309 g/mol. The van der Waals surface area contributed by atoms with Crippen LogP contribution in [0.2, 0.25) is 18.1 Å². The van der Waals surface area contributed by atoms with Crippen molar-refractivity contribution < 1.29 is 14.0 Å².